The number of benzene rings is 9. The molecule has 0 heterocycles. The van der Waals surface area contributed by atoms with Crippen LogP contribution in [0.25, 0.3) is 99.5 Å². The van der Waals surface area contributed by atoms with Crippen LogP contribution in [0.1, 0.15) is 74.9 Å². The largest absolute Gasteiger partial charge is 0.0688 e. The van der Waals surface area contributed by atoms with Crippen molar-refractivity contribution in [3.63, 3.8) is 0 Å². The van der Waals surface area contributed by atoms with E-state index in [1.165, 1.54) is 133 Å². The highest BCUT2D eigenvalue weighted by Crippen LogP contribution is 2.60. The highest BCUT2D eigenvalue weighted by Gasteiger charge is 2.41. The van der Waals surface area contributed by atoms with Gasteiger partial charge in [0.25, 0.3) is 0 Å². The number of hydrogen-bond donors (Lipinski definition) is 0. The molecule has 9 aromatic rings. The molecule has 4 aliphatic carbocycles. The van der Waals surface area contributed by atoms with Gasteiger partial charge in [0.1, 0.15) is 0 Å². The zero-order valence-corrected chi connectivity index (χ0v) is 39.8. The van der Waals surface area contributed by atoms with E-state index in [9.17, 15) is 0 Å². The van der Waals surface area contributed by atoms with Gasteiger partial charge in [-0.1, -0.05) is 224 Å². The highest BCUT2D eigenvalue weighted by molar-refractivity contribution is 6.28. The second kappa shape index (κ2) is 15.0. The summed E-state index contributed by atoms with van der Waals surface area (Å²) in [5, 5.41) is 5.26. The first-order chi connectivity index (χ1) is 33.0. The third-order valence-corrected chi connectivity index (χ3v) is 15.4. The summed E-state index contributed by atoms with van der Waals surface area (Å²) in [7, 11) is 0. The molecule has 0 spiro atoms. The van der Waals surface area contributed by atoms with Crippen LogP contribution in [0.15, 0.2) is 206 Å². The Kier molecular flexibility index (Phi) is 8.97. The molecule has 13 rings (SSSR count). The van der Waals surface area contributed by atoms with Gasteiger partial charge in [-0.15, -0.1) is 0 Å². The minimum Gasteiger partial charge on any atom is -0.0688 e. The average Bonchev–Trinajstić information content (AvgIpc) is 3.86. The first kappa shape index (κ1) is 40.7. The van der Waals surface area contributed by atoms with Crippen molar-refractivity contribution in [3.8, 4) is 55.6 Å². The van der Waals surface area contributed by atoms with Crippen LogP contribution < -0.4 is 0 Å². The van der Waals surface area contributed by atoms with Crippen LogP contribution in [-0.4, -0.2) is 0 Å². The van der Waals surface area contributed by atoms with Gasteiger partial charge in [-0.05, 0) is 168 Å². The standard InChI is InChI=1S/C68H54/c1-67(2,3)51-33-50-34-52(68(4,5)6)40-60-62(50)59(39-51)65-63(43-23-15-9-16-24-43)54-30-28-46(36-57(54)64(66(60)65)44-25-17-10-18-26-44)45-27-29-53-55(35-45)58-38-48(42-21-13-8-14-22-42)32-49-31-47(37-56(53)61(49)58)41-19-11-7-12-20-41/h7-40,49,61H,1-6H3. The van der Waals surface area contributed by atoms with E-state index in [4.69, 9.17) is 0 Å². The summed E-state index contributed by atoms with van der Waals surface area (Å²) in [5.74, 6) is 0.550. The molecule has 0 nitrogen and oxygen atoms in total. The number of rotatable bonds is 5. The lowest BCUT2D eigenvalue weighted by molar-refractivity contribution is 0.589. The molecule has 2 unspecified atom stereocenters. The minimum atomic E-state index is -0.0315. The normalized spacial score (nSPS) is 16.7. The summed E-state index contributed by atoms with van der Waals surface area (Å²) in [6, 6.07) is 68.9. The molecule has 0 aromatic heterocycles. The van der Waals surface area contributed by atoms with Gasteiger partial charge in [-0.2, -0.15) is 0 Å². The third-order valence-electron chi connectivity index (χ3n) is 15.4. The van der Waals surface area contributed by atoms with Crippen LogP contribution in [0.2, 0.25) is 0 Å². The molecular formula is C68H54. The van der Waals surface area contributed by atoms with Crippen molar-refractivity contribution in [1.82, 2.24) is 0 Å². The minimum absolute atomic E-state index is 0.0227. The maximum absolute atomic E-state index is 2.53. The fourth-order valence-corrected chi connectivity index (χ4v) is 12.0. The first-order valence-corrected chi connectivity index (χ1v) is 24.5. The van der Waals surface area contributed by atoms with E-state index in [2.05, 4.69) is 248 Å². The van der Waals surface area contributed by atoms with Crippen molar-refractivity contribution in [2.45, 2.75) is 52.4 Å². The summed E-state index contributed by atoms with van der Waals surface area (Å²) < 4.78 is 0. The lowest BCUT2D eigenvalue weighted by Crippen LogP contribution is -2.17. The van der Waals surface area contributed by atoms with Gasteiger partial charge < -0.3 is 0 Å². The molecule has 2 atom stereocenters. The Labute approximate surface area is 401 Å². The van der Waals surface area contributed by atoms with E-state index < -0.39 is 0 Å². The number of fused-ring (bicyclic) bond motifs is 7. The zero-order chi connectivity index (χ0) is 46.1. The Hall–Kier alpha value is -7.54. The van der Waals surface area contributed by atoms with E-state index in [-0.39, 0.29) is 16.7 Å². The summed E-state index contributed by atoms with van der Waals surface area (Å²) in [6.45, 7) is 14.1. The van der Waals surface area contributed by atoms with E-state index in [1.54, 1.807) is 0 Å². The first-order valence-electron chi connectivity index (χ1n) is 24.5. The van der Waals surface area contributed by atoms with Gasteiger partial charge in [0.05, 0.1) is 0 Å². The van der Waals surface area contributed by atoms with E-state index >= 15 is 0 Å². The lowest BCUT2D eigenvalue weighted by Gasteiger charge is -2.30. The van der Waals surface area contributed by atoms with Crippen LogP contribution in [0.3, 0.4) is 0 Å². The van der Waals surface area contributed by atoms with Gasteiger partial charge in [0.2, 0.25) is 0 Å². The fraction of sp³-hybridized carbons (Fsp3) is 0.147. The number of hydrogen-bond acceptors (Lipinski definition) is 0. The van der Waals surface area contributed by atoms with Gasteiger partial charge in [0, 0.05) is 11.8 Å². The van der Waals surface area contributed by atoms with Crippen molar-refractivity contribution in [3.05, 3.63) is 240 Å². The second-order valence-electron chi connectivity index (χ2n) is 21.6. The quantitative estimate of drug-likeness (QED) is 0.162. The Bertz CT molecular complexity index is 3690. The molecule has 0 fully saturated rings. The molecule has 0 aliphatic heterocycles. The predicted molar refractivity (Wildman–Crippen MR) is 291 cm³/mol. The van der Waals surface area contributed by atoms with Crippen LogP contribution in [-0.2, 0) is 10.8 Å². The molecule has 0 heteroatoms. The maximum atomic E-state index is 2.53. The lowest BCUT2D eigenvalue weighted by atomic mass is 9.73. The fourth-order valence-electron chi connectivity index (χ4n) is 12.0. The third kappa shape index (κ3) is 6.34. The molecule has 0 N–H and O–H groups in total. The molecule has 0 saturated carbocycles. The topological polar surface area (TPSA) is 0 Å². The van der Waals surface area contributed by atoms with Gasteiger partial charge in [-0.25, -0.2) is 0 Å². The Morgan fingerprint density at radius 3 is 1.28 bits per heavy atom. The summed E-state index contributed by atoms with van der Waals surface area (Å²) in [4.78, 5) is 0. The average molecular weight is 871 g/mol. The van der Waals surface area contributed by atoms with Gasteiger partial charge >= 0.3 is 0 Å². The monoisotopic (exact) mass is 870 g/mol. The molecule has 4 aliphatic rings. The van der Waals surface area contributed by atoms with E-state index in [0.717, 1.165) is 0 Å². The van der Waals surface area contributed by atoms with E-state index in [0.29, 0.717) is 5.92 Å². The molecule has 326 valence electrons. The van der Waals surface area contributed by atoms with E-state index in [1.807, 2.05) is 0 Å². The highest BCUT2D eigenvalue weighted by atomic mass is 14.4. The molecule has 0 radical (unpaired) electrons. The molecule has 0 amide bonds. The Morgan fingerprint density at radius 1 is 0.338 bits per heavy atom. The van der Waals surface area contributed by atoms with Crippen molar-refractivity contribution >= 4 is 43.8 Å². The molecule has 68 heavy (non-hydrogen) atoms. The van der Waals surface area contributed by atoms with Crippen LogP contribution in [0.4, 0.5) is 0 Å². The van der Waals surface area contributed by atoms with Crippen LogP contribution >= 0.6 is 0 Å². The van der Waals surface area contributed by atoms with Crippen LogP contribution in [0.5, 0.6) is 0 Å². The smallest absolute Gasteiger partial charge is 0.0200 e. The summed E-state index contributed by atoms with van der Waals surface area (Å²) in [5.41, 5.74) is 26.3. The molecule has 0 saturated heterocycles. The van der Waals surface area contributed by atoms with Crippen molar-refractivity contribution in [1.29, 1.82) is 0 Å². The second-order valence-corrected chi connectivity index (χ2v) is 21.6. The zero-order valence-electron chi connectivity index (χ0n) is 39.8. The molecular weight excluding hydrogens is 817 g/mol. The SMILES string of the molecule is CC(C)(C)c1cc2c3c(cc(C(C)(C)C)cc3c1)-c1c-2c(-c2ccccc2)c2ccc(-c3ccc4c(c3)C3=CC(c5ccccc5)=CC5C=C(c6ccccc6)C=C4C35)cc2c1-c1ccccc1. The van der Waals surface area contributed by atoms with Crippen molar-refractivity contribution in [2.24, 2.45) is 11.8 Å². The van der Waals surface area contributed by atoms with Gasteiger partial charge in [-0.3, -0.25) is 0 Å². The Balaban J connectivity index is 1.08. The van der Waals surface area contributed by atoms with Gasteiger partial charge in [0.15, 0.2) is 0 Å². The molecule has 9 aromatic carbocycles. The Morgan fingerprint density at radius 2 is 0.779 bits per heavy atom. The maximum Gasteiger partial charge on any atom is 0.0200 e. The predicted octanol–water partition coefficient (Wildman–Crippen LogP) is 18.4. The summed E-state index contributed by atoms with van der Waals surface area (Å²) in [6.07, 6.45) is 9.98. The van der Waals surface area contributed by atoms with Crippen LogP contribution in [0, 0.1) is 11.8 Å². The van der Waals surface area contributed by atoms with Crippen molar-refractivity contribution in [2.75, 3.05) is 0 Å². The number of allylic oxidation sites excluding steroid dienone is 8. The van der Waals surface area contributed by atoms with Crippen molar-refractivity contribution < 1.29 is 0 Å². The molecule has 0 bridgehead atoms. The summed E-state index contributed by atoms with van der Waals surface area (Å²) >= 11 is 0.